The normalized spacial score (nSPS) is 10.4. The number of halogens is 1. The van der Waals surface area contributed by atoms with Gasteiger partial charge in [0, 0.05) is 22.9 Å². The van der Waals surface area contributed by atoms with E-state index in [1.54, 1.807) is 30.3 Å². The van der Waals surface area contributed by atoms with Gasteiger partial charge in [0.25, 0.3) is 5.91 Å². The maximum atomic E-state index is 12.2. The van der Waals surface area contributed by atoms with E-state index in [1.165, 1.54) is 0 Å². The molecule has 0 unspecified atom stereocenters. The van der Waals surface area contributed by atoms with Crippen molar-refractivity contribution in [2.24, 2.45) is 5.73 Å². The van der Waals surface area contributed by atoms with Crippen molar-refractivity contribution >= 4 is 33.4 Å². The maximum Gasteiger partial charge on any atom is 0.272 e. The molecule has 0 aliphatic rings. The van der Waals surface area contributed by atoms with Crippen LogP contribution in [0.25, 0.3) is 0 Å². The van der Waals surface area contributed by atoms with Crippen molar-refractivity contribution in [2.45, 2.75) is 19.9 Å². The van der Waals surface area contributed by atoms with E-state index in [-0.39, 0.29) is 18.2 Å². The number of nitrogens with two attached hydrogens (primary N) is 1. The van der Waals surface area contributed by atoms with Crippen molar-refractivity contribution in [3.8, 4) is 0 Å². The van der Waals surface area contributed by atoms with Crippen molar-refractivity contribution in [3.05, 3.63) is 52.3 Å². The van der Waals surface area contributed by atoms with E-state index >= 15 is 0 Å². The fourth-order valence-electron chi connectivity index (χ4n) is 2.03. The van der Waals surface area contributed by atoms with Crippen molar-refractivity contribution in [3.63, 3.8) is 0 Å². The molecule has 0 aliphatic heterocycles. The highest BCUT2D eigenvalue weighted by atomic mass is 79.9. The minimum Gasteiger partial charge on any atom is -0.369 e. The molecule has 110 valence electrons. The molecule has 0 bridgehead atoms. The standard InChI is InChI=1S/C15H16BrN3O2/c1-2-19-9-11(16)8-13(19)15(21)18-12-5-3-10(4-6-12)7-14(17)20/h3-6,8-9H,2,7H2,1H3,(H2,17,20)(H,18,21). The Labute approximate surface area is 131 Å². The number of nitrogens with zero attached hydrogens (tertiary/aromatic N) is 1. The molecule has 1 heterocycles. The number of hydrogen-bond donors (Lipinski definition) is 2. The van der Waals surface area contributed by atoms with Crippen LogP contribution in [0.3, 0.4) is 0 Å². The Morgan fingerprint density at radius 2 is 1.95 bits per heavy atom. The summed E-state index contributed by atoms with van der Waals surface area (Å²) < 4.78 is 2.73. The molecular formula is C15H16BrN3O2. The average Bonchev–Trinajstić information content (AvgIpc) is 2.82. The Balaban J connectivity index is 2.10. The fraction of sp³-hybridized carbons (Fsp3) is 0.200. The molecule has 1 aromatic carbocycles. The molecule has 6 heteroatoms. The van der Waals surface area contributed by atoms with Gasteiger partial charge in [-0.15, -0.1) is 0 Å². The number of hydrogen-bond acceptors (Lipinski definition) is 2. The molecule has 0 saturated carbocycles. The Morgan fingerprint density at radius 1 is 1.29 bits per heavy atom. The van der Waals surface area contributed by atoms with Gasteiger partial charge in [-0.25, -0.2) is 0 Å². The highest BCUT2D eigenvalue weighted by Gasteiger charge is 2.12. The lowest BCUT2D eigenvalue weighted by Crippen LogP contribution is -2.16. The van der Waals surface area contributed by atoms with Crippen LogP contribution in [0, 0.1) is 0 Å². The molecule has 1 aromatic heterocycles. The van der Waals surface area contributed by atoms with Gasteiger partial charge < -0.3 is 15.6 Å². The molecule has 2 aromatic rings. The van der Waals surface area contributed by atoms with Gasteiger partial charge in [0.2, 0.25) is 5.91 Å². The fourth-order valence-corrected chi connectivity index (χ4v) is 2.49. The van der Waals surface area contributed by atoms with Crippen LogP contribution in [0.1, 0.15) is 23.0 Å². The SMILES string of the molecule is CCn1cc(Br)cc1C(=O)Nc1ccc(CC(N)=O)cc1. The molecule has 0 spiro atoms. The number of amides is 2. The molecule has 0 radical (unpaired) electrons. The minimum absolute atomic E-state index is 0.176. The number of aryl methyl sites for hydroxylation is 1. The first kappa shape index (κ1) is 15.3. The quantitative estimate of drug-likeness (QED) is 0.869. The predicted molar refractivity (Wildman–Crippen MR) is 85.1 cm³/mol. The number of benzene rings is 1. The average molecular weight is 350 g/mol. The van der Waals surface area contributed by atoms with Gasteiger partial charge >= 0.3 is 0 Å². The van der Waals surface area contributed by atoms with Gasteiger partial charge in [-0.2, -0.15) is 0 Å². The Hall–Kier alpha value is -2.08. The molecule has 21 heavy (non-hydrogen) atoms. The summed E-state index contributed by atoms with van der Waals surface area (Å²) in [6, 6.07) is 8.83. The topological polar surface area (TPSA) is 77.1 Å². The molecule has 0 aliphatic carbocycles. The first-order valence-corrected chi connectivity index (χ1v) is 7.33. The summed E-state index contributed by atoms with van der Waals surface area (Å²) >= 11 is 3.37. The van der Waals surface area contributed by atoms with Gasteiger partial charge in [-0.1, -0.05) is 12.1 Å². The van der Waals surface area contributed by atoms with Crippen LogP contribution < -0.4 is 11.1 Å². The number of carbonyl (C=O) groups excluding carboxylic acids is 2. The first-order chi connectivity index (χ1) is 9.99. The van der Waals surface area contributed by atoms with Crippen molar-refractivity contribution in [1.29, 1.82) is 0 Å². The Kier molecular flexibility index (Phi) is 4.80. The smallest absolute Gasteiger partial charge is 0.272 e. The zero-order valence-corrected chi connectivity index (χ0v) is 13.2. The van der Waals surface area contributed by atoms with E-state index in [4.69, 9.17) is 5.73 Å². The molecule has 5 nitrogen and oxygen atoms in total. The minimum atomic E-state index is -0.377. The second-order valence-corrected chi connectivity index (χ2v) is 5.54. The molecule has 3 N–H and O–H groups in total. The predicted octanol–water partition coefficient (Wildman–Crippen LogP) is 2.55. The van der Waals surface area contributed by atoms with Crippen LogP contribution >= 0.6 is 15.9 Å². The largest absolute Gasteiger partial charge is 0.369 e. The maximum absolute atomic E-state index is 12.2. The zero-order chi connectivity index (χ0) is 15.4. The highest BCUT2D eigenvalue weighted by Crippen LogP contribution is 2.17. The highest BCUT2D eigenvalue weighted by molar-refractivity contribution is 9.10. The van der Waals surface area contributed by atoms with Crippen LogP contribution in [0.5, 0.6) is 0 Å². The lowest BCUT2D eigenvalue weighted by atomic mass is 10.1. The molecule has 0 saturated heterocycles. The summed E-state index contributed by atoms with van der Waals surface area (Å²) in [6.45, 7) is 2.69. The van der Waals surface area contributed by atoms with E-state index < -0.39 is 0 Å². The molecular weight excluding hydrogens is 334 g/mol. The molecule has 2 rings (SSSR count). The van der Waals surface area contributed by atoms with Gasteiger partial charge in [-0.05, 0) is 46.6 Å². The van der Waals surface area contributed by atoms with Crippen LogP contribution in [-0.4, -0.2) is 16.4 Å². The summed E-state index contributed by atoms with van der Waals surface area (Å²) in [6.07, 6.45) is 2.06. The second-order valence-electron chi connectivity index (χ2n) is 4.62. The number of primary amides is 1. The number of aromatic nitrogens is 1. The number of rotatable bonds is 5. The third-order valence-electron chi connectivity index (χ3n) is 3.03. The van der Waals surface area contributed by atoms with Gasteiger partial charge in [0.05, 0.1) is 6.42 Å². The van der Waals surface area contributed by atoms with Crippen LogP contribution in [0.15, 0.2) is 41.0 Å². The van der Waals surface area contributed by atoms with Crippen molar-refractivity contribution < 1.29 is 9.59 Å². The van der Waals surface area contributed by atoms with Gasteiger partial charge in [0.1, 0.15) is 5.69 Å². The Bertz CT molecular complexity index is 662. The Morgan fingerprint density at radius 3 is 2.52 bits per heavy atom. The van der Waals surface area contributed by atoms with E-state index in [2.05, 4.69) is 21.2 Å². The monoisotopic (exact) mass is 349 g/mol. The van der Waals surface area contributed by atoms with Crippen molar-refractivity contribution in [1.82, 2.24) is 4.57 Å². The van der Waals surface area contributed by atoms with E-state index in [0.717, 1.165) is 10.0 Å². The third-order valence-corrected chi connectivity index (χ3v) is 3.46. The zero-order valence-electron chi connectivity index (χ0n) is 11.6. The first-order valence-electron chi connectivity index (χ1n) is 6.54. The van der Waals surface area contributed by atoms with Crippen LogP contribution in [-0.2, 0) is 17.8 Å². The molecule has 2 amide bonds. The third kappa shape index (κ3) is 3.95. The summed E-state index contributed by atoms with van der Waals surface area (Å²) in [5, 5.41) is 2.83. The van der Waals surface area contributed by atoms with Crippen molar-refractivity contribution in [2.75, 3.05) is 5.32 Å². The number of nitrogens with one attached hydrogen (secondary N) is 1. The van der Waals surface area contributed by atoms with Gasteiger partial charge in [-0.3, -0.25) is 9.59 Å². The van der Waals surface area contributed by atoms with Gasteiger partial charge in [0.15, 0.2) is 0 Å². The summed E-state index contributed by atoms with van der Waals surface area (Å²) in [7, 11) is 0. The lowest BCUT2D eigenvalue weighted by molar-refractivity contribution is -0.117. The van der Waals surface area contributed by atoms with E-state index in [9.17, 15) is 9.59 Å². The van der Waals surface area contributed by atoms with Crippen LogP contribution in [0.4, 0.5) is 5.69 Å². The summed E-state index contributed by atoms with van der Waals surface area (Å²) in [5.41, 5.74) is 7.22. The second kappa shape index (κ2) is 6.58. The summed E-state index contributed by atoms with van der Waals surface area (Å²) in [5.74, 6) is -0.553. The number of anilines is 1. The number of carbonyl (C=O) groups is 2. The van der Waals surface area contributed by atoms with E-state index in [0.29, 0.717) is 17.9 Å². The molecule has 0 fully saturated rings. The van der Waals surface area contributed by atoms with Crippen LogP contribution in [0.2, 0.25) is 0 Å². The summed E-state index contributed by atoms with van der Waals surface area (Å²) in [4.78, 5) is 23.1. The lowest BCUT2D eigenvalue weighted by Gasteiger charge is -2.08. The molecule has 0 atom stereocenters. The van der Waals surface area contributed by atoms with E-state index in [1.807, 2.05) is 17.7 Å².